The fourth-order valence-corrected chi connectivity index (χ4v) is 5.62. The molecule has 1 N–H and O–H groups in total. The molecule has 0 saturated carbocycles. The van der Waals surface area contributed by atoms with Gasteiger partial charge in [-0.15, -0.1) is 0 Å². The maximum Gasteiger partial charge on any atom is 0.264 e. The van der Waals surface area contributed by atoms with Crippen molar-refractivity contribution in [3.8, 4) is 5.75 Å². The molecule has 10 heteroatoms. The van der Waals surface area contributed by atoms with Gasteiger partial charge in [-0.25, -0.2) is 12.8 Å². The highest BCUT2D eigenvalue weighted by Gasteiger charge is 2.29. The summed E-state index contributed by atoms with van der Waals surface area (Å²) in [4.78, 5) is 12.8. The largest absolute Gasteiger partial charge is 0.492 e. The molecular formula is C25H26ClFN2O4S2. The minimum Gasteiger partial charge on any atom is -0.492 e. The third-order valence-electron chi connectivity index (χ3n) is 4.91. The lowest BCUT2D eigenvalue weighted by atomic mass is 10.2. The topological polar surface area (TPSA) is 75.7 Å². The van der Waals surface area contributed by atoms with Crippen molar-refractivity contribution in [3.63, 3.8) is 0 Å². The minimum absolute atomic E-state index is 0.00134. The zero-order valence-corrected chi connectivity index (χ0v) is 21.5. The molecule has 6 nitrogen and oxygen atoms in total. The quantitative estimate of drug-likeness (QED) is 0.325. The second-order valence-electron chi connectivity index (χ2n) is 7.36. The van der Waals surface area contributed by atoms with E-state index in [1.165, 1.54) is 42.1 Å². The number of hydrogen-bond acceptors (Lipinski definition) is 5. The molecule has 186 valence electrons. The molecule has 0 fully saturated rings. The Morgan fingerprint density at radius 3 is 2.46 bits per heavy atom. The van der Waals surface area contributed by atoms with Gasteiger partial charge < -0.3 is 10.1 Å². The van der Waals surface area contributed by atoms with Gasteiger partial charge in [0.15, 0.2) is 0 Å². The first-order chi connectivity index (χ1) is 16.8. The molecule has 0 heterocycles. The fourth-order valence-electron chi connectivity index (χ4n) is 3.22. The second-order valence-corrected chi connectivity index (χ2v) is 10.8. The first-order valence-corrected chi connectivity index (χ1v) is 13.9. The van der Waals surface area contributed by atoms with E-state index >= 15 is 0 Å². The number of thioether (sulfide) groups is 1. The minimum atomic E-state index is -4.10. The maximum absolute atomic E-state index is 13.7. The van der Waals surface area contributed by atoms with E-state index in [4.69, 9.17) is 16.3 Å². The van der Waals surface area contributed by atoms with E-state index in [-0.39, 0.29) is 16.4 Å². The average molecular weight is 537 g/mol. The number of sulfonamides is 1. The van der Waals surface area contributed by atoms with Gasteiger partial charge in [-0.2, -0.15) is 11.8 Å². The summed E-state index contributed by atoms with van der Waals surface area (Å²) in [6, 6.07) is 18.9. The summed E-state index contributed by atoms with van der Waals surface area (Å²) in [5.41, 5.74) is 0.852. The van der Waals surface area contributed by atoms with Crippen LogP contribution in [0.2, 0.25) is 5.02 Å². The molecule has 0 saturated heterocycles. The fraction of sp³-hybridized carbons (Fsp3) is 0.240. The number of hydrogen-bond donors (Lipinski definition) is 1. The molecule has 0 aliphatic heterocycles. The first-order valence-electron chi connectivity index (χ1n) is 10.9. The van der Waals surface area contributed by atoms with E-state index < -0.39 is 22.5 Å². The van der Waals surface area contributed by atoms with Crippen LogP contribution in [0.1, 0.15) is 12.5 Å². The Hall–Kier alpha value is -2.75. The third-order valence-corrected chi connectivity index (χ3v) is 7.94. The summed E-state index contributed by atoms with van der Waals surface area (Å²) in [5.74, 6) is 0.627. The van der Waals surface area contributed by atoms with Gasteiger partial charge in [-0.3, -0.25) is 9.10 Å². The smallest absolute Gasteiger partial charge is 0.264 e. The molecule has 3 aromatic rings. The molecule has 0 aliphatic carbocycles. The zero-order valence-electron chi connectivity index (χ0n) is 19.1. The van der Waals surface area contributed by atoms with Crippen LogP contribution in [-0.2, 0) is 20.6 Å². The Morgan fingerprint density at radius 2 is 1.74 bits per heavy atom. The molecule has 0 spiro atoms. The second kappa shape index (κ2) is 12.8. The van der Waals surface area contributed by atoms with Crippen molar-refractivity contribution in [2.24, 2.45) is 0 Å². The maximum atomic E-state index is 13.7. The van der Waals surface area contributed by atoms with Crippen LogP contribution in [0.3, 0.4) is 0 Å². The van der Waals surface area contributed by atoms with E-state index in [9.17, 15) is 17.6 Å². The summed E-state index contributed by atoms with van der Waals surface area (Å²) in [7, 11) is -4.10. The lowest BCUT2D eigenvalue weighted by Gasteiger charge is -2.26. The number of halogens is 2. The Kier molecular flexibility index (Phi) is 9.83. The summed E-state index contributed by atoms with van der Waals surface area (Å²) in [5, 5.41) is 3.15. The van der Waals surface area contributed by atoms with Crippen molar-refractivity contribution in [1.82, 2.24) is 5.32 Å². The number of para-hydroxylation sites is 2. The van der Waals surface area contributed by atoms with Crippen molar-refractivity contribution in [2.75, 3.05) is 29.8 Å². The molecule has 0 aromatic heterocycles. The van der Waals surface area contributed by atoms with Gasteiger partial charge in [0.05, 0.1) is 17.2 Å². The lowest BCUT2D eigenvalue weighted by Crippen LogP contribution is -2.41. The van der Waals surface area contributed by atoms with Crippen molar-refractivity contribution in [2.45, 2.75) is 17.6 Å². The number of nitrogens with one attached hydrogen (secondary N) is 1. The van der Waals surface area contributed by atoms with Crippen LogP contribution in [0.25, 0.3) is 0 Å². The molecule has 0 aliphatic rings. The van der Waals surface area contributed by atoms with Crippen LogP contribution in [-0.4, -0.2) is 39.8 Å². The van der Waals surface area contributed by atoms with E-state index in [1.54, 1.807) is 49.4 Å². The summed E-state index contributed by atoms with van der Waals surface area (Å²) >= 11 is 7.40. The molecule has 3 aromatic carbocycles. The number of benzene rings is 3. The Bertz CT molecular complexity index is 1240. The van der Waals surface area contributed by atoms with Crippen molar-refractivity contribution in [1.29, 1.82) is 0 Å². The average Bonchev–Trinajstić information content (AvgIpc) is 2.84. The summed E-state index contributed by atoms with van der Waals surface area (Å²) in [6.07, 6.45) is 0. The van der Waals surface area contributed by atoms with Crippen LogP contribution >= 0.6 is 23.4 Å². The number of carbonyl (C=O) groups is 1. The molecular weight excluding hydrogens is 511 g/mol. The van der Waals surface area contributed by atoms with Crippen LogP contribution in [0.5, 0.6) is 5.75 Å². The Labute approximate surface area is 214 Å². The highest BCUT2D eigenvalue weighted by atomic mass is 35.5. The van der Waals surface area contributed by atoms with Crippen LogP contribution in [0.15, 0.2) is 77.7 Å². The van der Waals surface area contributed by atoms with Crippen molar-refractivity contribution >= 4 is 45.0 Å². The number of anilines is 1. The number of rotatable bonds is 12. The molecule has 0 unspecified atom stereocenters. The molecule has 0 bridgehead atoms. The number of amides is 1. The van der Waals surface area contributed by atoms with Crippen LogP contribution in [0.4, 0.5) is 10.1 Å². The number of carbonyl (C=O) groups excluding carboxylic acids is 1. The van der Waals surface area contributed by atoms with E-state index in [2.05, 4.69) is 5.32 Å². The van der Waals surface area contributed by atoms with E-state index in [1.807, 2.05) is 0 Å². The highest BCUT2D eigenvalue weighted by molar-refractivity contribution is 7.98. The normalized spacial score (nSPS) is 11.2. The van der Waals surface area contributed by atoms with Gasteiger partial charge in [0.25, 0.3) is 10.0 Å². The lowest BCUT2D eigenvalue weighted by molar-refractivity contribution is -0.119. The molecule has 3 rings (SSSR count). The van der Waals surface area contributed by atoms with Gasteiger partial charge in [0, 0.05) is 23.1 Å². The molecule has 0 atom stereocenters. The number of ether oxygens (including phenoxy) is 1. The summed E-state index contributed by atoms with van der Waals surface area (Å²) in [6.45, 7) is 1.99. The first kappa shape index (κ1) is 26.8. The van der Waals surface area contributed by atoms with Crippen LogP contribution in [0, 0.1) is 5.82 Å². The van der Waals surface area contributed by atoms with Gasteiger partial charge in [-0.1, -0.05) is 41.9 Å². The molecule has 35 heavy (non-hydrogen) atoms. The standard InChI is InChI=1S/C25H26ClFN2O4S2/c1-2-33-24-10-6-5-9-23(24)29(35(31,32)21-13-11-20(26)12-14-21)17-25(30)28-15-16-34-18-19-7-3-4-8-22(19)27/h3-14H,2,15-18H2,1H3,(H,28,30). The van der Waals surface area contributed by atoms with Gasteiger partial charge in [0.1, 0.15) is 18.1 Å². The highest BCUT2D eigenvalue weighted by Crippen LogP contribution is 2.32. The zero-order chi connectivity index (χ0) is 25.3. The predicted octanol–water partition coefficient (Wildman–Crippen LogP) is 5.12. The van der Waals surface area contributed by atoms with E-state index in [0.29, 0.717) is 41.0 Å². The monoisotopic (exact) mass is 536 g/mol. The van der Waals surface area contributed by atoms with Crippen LogP contribution < -0.4 is 14.4 Å². The van der Waals surface area contributed by atoms with E-state index in [0.717, 1.165) is 4.31 Å². The predicted molar refractivity (Wildman–Crippen MR) is 139 cm³/mol. The molecule has 0 radical (unpaired) electrons. The van der Waals surface area contributed by atoms with Crippen molar-refractivity contribution < 1.29 is 22.3 Å². The SMILES string of the molecule is CCOc1ccccc1N(CC(=O)NCCSCc1ccccc1F)S(=O)(=O)c1ccc(Cl)cc1. The Balaban J connectivity index is 1.71. The van der Waals surface area contributed by atoms with Crippen molar-refractivity contribution in [3.05, 3.63) is 89.2 Å². The Morgan fingerprint density at radius 1 is 1.06 bits per heavy atom. The molecule has 1 amide bonds. The number of nitrogens with zero attached hydrogens (tertiary/aromatic N) is 1. The third kappa shape index (κ3) is 7.37. The van der Waals surface area contributed by atoms with Gasteiger partial charge >= 0.3 is 0 Å². The van der Waals surface area contributed by atoms with Gasteiger partial charge in [0.2, 0.25) is 5.91 Å². The summed E-state index contributed by atoms with van der Waals surface area (Å²) < 4.78 is 47.4. The van der Waals surface area contributed by atoms with Gasteiger partial charge in [-0.05, 0) is 55.0 Å².